The van der Waals surface area contributed by atoms with Crippen molar-refractivity contribution in [3.8, 4) is 0 Å². The quantitative estimate of drug-likeness (QED) is 0.692. The first-order valence-corrected chi connectivity index (χ1v) is 5.90. The van der Waals surface area contributed by atoms with Crippen molar-refractivity contribution in [2.75, 3.05) is 5.73 Å². The first-order valence-electron chi connectivity index (χ1n) is 5.53. The molecule has 0 heterocycles. The predicted octanol–water partition coefficient (Wildman–Crippen LogP) is 3.42. The molecule has 19 heavy (non-hydrogen) atoms. The van der Waals surface area contributed by atoms with Gasteiger partial charge >= 0.3 is 5.97 Å². The number of hydrogen-bond donors (Lipinski definition) is 1. The molecule has 0 aromatic heterocycles. The van der Waals surface area contributed by atoms with Gasteiger partial charge in [-0.3, -0.25) is 0 Å². The molecule has 2 aromatic carbocycles. The Labute approximate surface area is 114 Å². The summed E-state index contributed by atoms with van der Waals surface area (Å²) >= 11 is 5.81. The maximum Gasteiger partial charge on any atom is 0.338 e. The molecular weight excluding hydrogens is 269 g/mol. The lowest BCUT2D eigenvalue weighted by molar-refractivity contribution is 0.0472. The van der Waals surface area contributed by atoms with Crippen LogP contribution in [0, 0.1) is 5.82 Å². The second-order valence-corrected chi connectivity index (χ2v) is 4.38. The third-order valence-corrected chi connectivity index (χ3v) is 2.73. The van der Waals surface area contributed by atoms with E-state index in [4.69, 9.17) is 22.1 Å². The number of ether oxygens (including phenoxy) is 1. The third-order valence-electron chi connectivity index (χ3n) is 2.50. The maximum absolute atomic E-state index is 13.2. The zero-order chi connectivity index (χ0) is 13.8. The van der Waals surface area contributed by atoms with Crippen LogP contribution in [0.25, 0.3) is 0 Å². The van der Waals surface area contributed by atoms with Crippen molar-refractivity contribution >= 4 is 23.3 Å². The lowest BCUT2D eigenvalue weighted by Crippen LogP contribution is -2.06. The molecule has 0 aliphatic heterocycles. The summed E-state index contributed by atoms with van der Waals surface area (Å²) in [6, 6.07) is 10.7. The van der Waals surface area contributed by atoms with Gasteiger partial charge in [0.05, 0.1) is 11.3 Å². The molecule has 0 amide bonds. The molecule has 0 atom stereocenters. The Morgan fingerprint density at radius 1 is 1.26 bits per heavy atom. The standard InChI is InChI=1S/C14H11ClFNO2/c15-11-3-1-2-9(6-11)8-19-14(18)10-4-5-13(17)12(16)7-10/h1-7H,8,17H2. The van der Waals surface area contributed by atoms with Crippen molar-refractivity contribution in [1.82, 2.24) is 0 Å². The van der Waals surface area contributed by atoms with Gasteiger partial charge in [-0.25, -0.2) is 9.18 Å². The highest BCUT2D eigenvalue weighted by Gasteiger charge is 2.10. The minimum atomic E-state index is -0.641. The molecule has 0 saturated carbocycles. The molecule has 2 rings (SSSR count). The third kappa shape index (κ3) is 3.45. The number of benzene rings is 2. The van der Waals surface area contributed by atoms with E-state index in [0.29, 0.717) is 5.02 Å². The minimum Gasteiger partial charge on any atom is -0.457 e. The van der Waals surface area contributed by atoms with Gasteiger partial charge < -0.3 is 10.5 Å². The molecule has 0 unspecified atom stereocenters. The average Bonchev–Trinajstić information content (AvgIpc) is 2.39. The lowest BCUT2D eigenvalue weighted by Gasteiger charge is -2.06. The Bertz CT molecular complexity index is 616. The fourth-order valence-corrected chi connectivity index (χ4v) is 1.73. The monoisotopic (exact) mass is 279 g/mol. The van der Waals surface area contributed by atoms with Gasteiger partial charge in [0.25, 0.3) is 0 Å². The molecule has 5 heteroatoms. The fourth-order valence-electron chi connectivity index (χ4n) is 1.51. The molecule has 2 aromatic rings. The van der Waals surface area contributed by atoms with Gasteiger partial charge in [0.15, 0.2) is 0 Å². The molecular formula is C14H11ClFNO2. The first kappa shape index (κ1) is 13.4. The number of carbonyl (C=O) groups is 1. The number of nitrogen functional groups attached to an aromatic ring is 1. The number of rotatable bonds is 3. The van der Waals surface area contributed by atoms with E-state index in [-0.39, 0.29) is 17.9 Å². The zero-order valence-corrected chi connectivity index (χ0v) is 10.7. The van der Waals surface area contributed by atoms with Crippen LogP contribution in [0.4, 0.5) is 10.1 Å². The minimum absolute atomic E-state index is 0.00797. The van der Waals surface area contributed by atoms with Crippen molar-refractivity contribution < 1.29 is 13.9 Å². The van der Waals surface area contributed by atoms with Crippen LogP contribution in [0.15, 0.2) is 42.5 Å². The summed E-state index contributed by atoms with van der Waals surface area (Å²) in [7, 11) is 0. The van der Waals surface area contributed by atoms with Crippen LogP contribution in [0.5, 0.6) is 0 Å². The number of anilines is 1. The summed E-state index contributed by atoms with van der Waals surface area (Å²) in [5, 5.41) is 0.562. The van der Waals surface area contributed by atoms with Gasteiger partial charge in [0.2, 0.25) is 0 Å². The molecule has 0 spiro atoms. The van der Waals surface area contributed by atoms with E-state index in [1.54, 1.807) is 24.3 Å². The van der Waals surface area contributed by atoms with Crippen LogP contribution < -0.4 is 5.73 Å². The van der Waals surface area contributed by atoms with Crippen molar-refractivity contribution in [2.24, 2.45) is 0 Å². The smallest absolute Gasteiger partial charge is 0.338 e. The van der Waals surface area contributed by atoms with E-state index in [9.17, 15) is 9.18 Å². The molecule has 0 aliphatic carbocycles. The number of hydrogen-bond acceptors (Lipinski definition) is 3. The molecule has 0 saturated heterocycles. The van der Waals surface area contributed by atoms with E-state index in [1.807, 2.05) is 0 Å². The zero-order valence-electron chi connectivity index (χ0n) is 9.90. The van der Waals surface area contributed by atoms with Crippen molar-refractivity contribution in [3.05, 3.63) is 64.4 Å². The van der Waals surface area contributed by atoms with Gasteiger partial charge in [-0.1, -0.05) is 23.7 Å². The van der Waals surface area contributed by atoms with E-state index in [0.717, 1.165) is 11.6 Å². The summed E-state index contributed by atoms with van der Waals surface area (Å²) in [4.78, 5) is 11.7. The van der Waals surface area contributed by atoms with Crippen LogP contribution in [-0.4, -0.2) is 5.97 Å². The van der Waals surface area contributed by atoms with Gasteiger partial charge in [-0.2, -0.15) is 0 Å². The van der Waals surface area contributed by atoms with E-state index >= 15 is 0 Å². The lowest BCUT2D eigenvalue weighted by atomic mass is 10.2. The molecule has 0 aliphatic rings. The summed E-state index contributed by atoms with van der Waals surface area (Å²) < 4.78 is 18.3. The molecule has 3 nitrogen and oxygen atoms in total. The highest BCUT2D eigenvalue weighted by Crippen LogP contribution is 2.15. The van der Waals surface area contributed by atoms with Crippen LogP contribution >= 0.6 is 11.6 Å². The Morgan fingerprint density at radius 3 is 2.74 bits per heavy atom. The highest BCUT2D eigenvalue weighted by molar-refractivity contribution is 6.30. The van der Waals surface area contributed by atoms with Crippen LogP contribution in [0.1, 0.15) is 15.9 Å². The highest BCUT2D eigenvalue weighted by atomic mass is 35.5. The Morgan fingerprint density at radius 2 is 2.05 bits per heavy atom. The molecule has 0 radical (unpaired) electrons. The van der Waals surface area contributed by atoms with Crippen LogP contribution in [0.2, 0.25) is 5.02 Å². The Kier molecular flexibility index (Phi) is 4.02. The number of esters is 1. The van der Waals surface area contributed by atoms with Gasteiger partial charge in [0.1, 0.15) is 12.4 Å². The second kappa shape index (κ2) is 5.71. The molecule has 98 valence electrons. The molecule has 2 N–H and O–H groups in total. The van der Waals surface area contributed by atoms with Gasteiger partial charge in [0, 0.05) is 5.02 Å². The largest absolute Gasteiger partial charge is 0.457 e. The Hall–Kier alpha value is -2.07. The van der Waals surface area contributed by atoms with Crippen molar-refractivity contribution in [3.63, 3.8) is 0 Å². The first-order chi connectivity index (χ1) is 9.06. The molecule has 0 bridgehead atoms. The topological polar surface area (TPSA) is 52.3 Å². The van der Waals surface area contributed by atoms with Crippen molar-refractivity contribution in [2.45, 2.75) is 6.61 Å². The van der Waals surface area contributed by atoms with E-state index < -0.39 is 11.8 Å². The Balaban J connectivity index is 2.03. The van der Waals surface area contributed by atoms with E-state index in [1.165, 1.54) is 12.1 Å². The summed E-state index contributed by atoms with van der Waals surface area (Å²) in [5.41, 5.74) is 6.20. The SMILES string of the molecule is Nc1ccc(C(=O)OCc2cccc(Cl)c2)cc1F. The van der Waals surface area contributed by atoms with Gasteiger partial charge in [-0.05, 0) is 35.9 Å². The molecule has 0 fully saturated rings. The summed E-state index contributed by atoms with van der Waals surface area (Å²) in [6.07, 6.45) is 0. The van der Waals surface area contributed by atoms with Crippen LogP contribution in [0.3, 0.4) is 0 Å². The second-order valence-electron chi connectivity index (χ2n) is 3.94. The fraction of sp³-hybridized carbons (Fsp3) is 0.0714. The van der Waals surface area contributed by atoms with Gasteiger partial charge in [-0.15, -0.1) is 0 Å². The normalized spacial score (nSPS) is 10.2. The van der Waals surface area contributed by atoms with E-state index in [2.05, 4.69) is 0 Å². The predicted molar refractivity (Wildman–Crippen MR) is 71.4 cm³/mol. The summed E-state index contributed by atoms with van der Waals surface area (Å²) in [6.45, 7) is 0.0748. The summed E-state index contributed by atoms with van der Waals surface area (Å²) in [5.74, 6) is -1.25. The average molecular weight is 280 g/mol. The maximum atomic E-state index is 13.2. The van der Waals surface area contributed by atoms with Crippen molar-refractivity contribution in [1.29, 1.82) is 0 Å². The number of carbonyl (C=O) groups excluding carboxylic acids is 1. The van der Waals surface area contributed by atoms with Crippen LogP contribution in [-0.2, 0) is 11.3 Å². The number of halogens is 2. The number of nitrogens with two attached hydrogens (primary N) is 1.